The molecule has 0 saturated heterocycles. The molecule has 0 atom stereocenters. The summed E-state index contributed by atoms with van der Waals surface area (Å²) in [6, 6.07) is 9.08. The molecule has 0 spiro atoms. The van der Waals surface area contributed by atoms with Gasteiger partial charge in [0, 0.05) is 33.7 Å². The maximum atomic E-state index is 12.8. The molecule has 0 saturated carbocycles. The molecule has 1 aliphatic rings. The van der Waals surface area contributed by atoms with E-state index in [1.54, 1.807) is 7.05 Å². The van der Waals surface area contributed by atoms with Gasteiger partial charge in [0.25, 0.3) is 11.6 Å². The highest BCUT2D eigenvalue weighted by Crippen LogP contribution is 2.21. The number of aryl methyl sites for hydroxylation is 2. The van der Waals surface area contributed by atoms with E-state index in [0.29, 0.717) is 30.3 Å². The van der Waals surface area contributed by atoms with Gasteiger partial charge in [-0.1, -0.05) is 31.2 Å². The zero-order valence-corrected chi connectivity index (χ0v) is 18.6. The van der Waals surface area contributed by atoms with Crippen LogP contribution in [0.4, 0.5) is 0 Å². The molecular formula is C23H31N5O3. The van der Waals surface area contributed by atoms with Crippen LogP contribution in [0.15, 0.2) is 33.9 Å². The highest BCUT2D eigenvalue weighted by atomic mass is 16.5. The summed E-state index contributed by atoms with van der Waals surface area (Å²) >= 11 is 0. The first-order valence-electron chi connectivity index (χ1n) is 11.1. The Bertz CT molecular complexity index is 1190. The Morgan fingerprint density at radius 2 is 1.77 bits per heavy atom. The number of fused-ring (bicyclic) bond motifs is 2. The number of hydrogen-bond donors (Lipinski definition) is 0. The molecule has 2 aromatic heterocycles. The Morgan fingerprint density at radius 1 is 1.03 bits per heavy atom. The van der Waals surface area contributed by atoms with Crippen molar-refractivity contribution < 1.29 is 4.74 Å². The van der Waals surface area contributed by atoms with Gasteiger partial charge in [0.15, 0.2) is 11.2 Å². The molecule has 3 heterocycles. The van der Waals surface area contributed by atoms with Gasteiger partial charge >= 0.3 is 5.69 Å². The molecule has 1 aliphatic heterocycles. The van der Waals surface area contributed by atoms with Crippen molar-refractivity contribution in [1.29, 1.82) is 0 Å². The molecule has 0 aliphatic carbocycles. The van der Waals surface area contributed by atoms with Crippen molar-refractivity contribution in [3.8, 4) is 6.01 Å². The number of rotatable bonds is 8. The average Bonchev–Trinajstić information content (AvgIpc) is 3.16. The number of aromatic nitrogens is 4. The van der Waals surface area contributed by atoms with Gasteiger partial charge in [-0.15, -0.1) is 0 Å². The van der Waals surface area contributed by atoms with Crippen LogP contribution in [0.1, 0.15) is 37.3 Å². The van der Waals surface area contributed by atoms with E-state index in [1.807, 2.05) is 11.5 Å². The minimum atomic E-state index is -0.380. The molecule has 8 heteroatoms. The van der Waals surface area contributed by atoms with Gasteiger partial charge in [0.2, 0.25) is 0 Å². The summed E-state index contributed by atoms with van der Waals surface area (Å²) in [5.74, 6) is 0. The van der Waals surface area contributed by atoms with Crippen molar-refractivity contribution in [2.24, 2.45) is 14.1 Å². The molecule has 31 heavy (non-hydrogen) atoms. The predicted octanol–water partition coefficient (Wildman–Crippen LogP) is 2.06. The van der Waals surface area contributed by atoms with E-state index in [1.165, 1.54) is 22.7 Å². The van der Waals surface area contributed by atoms with E-state index < -0.39 is 0 Å². The van der Waals surface area contributed by atoms with E-state index in [9.17, 15) is 9.59 Å². The van der Waals surface area contributed by atoms with E-state index in [0.717, 1.165) is 49.9 Å². The summed E-state index contributed by atoms with van der Waals surface area (Å²) in [4.78, 5) is 32.1. The van der Waals surface area contributed by atoms with Crippen LogP contribution in [-0.4, -0.2) is 43.3 Å². The molecular weight excluding hydrogens is 394 g/mol. The fourth-order valence-electron chi connectivity index (χ4n) is 4.29. The molecule has 0 fully saturated rings. The summed E-state index contributed by atoms with van der Waals surface area (Å²) in [7, 11) is 3.14. The molecule has 0 amide bonds. The van der Waals surface area contributed by atoms with Gasteiger partial charge in [0.1, 0.15) is 0 Å². The Labute approximate surface area is 181 Å². The number of imidazole rings is 1. The number of hydrogen-bond acceptors (Lipinski definition) is 5. The van der Waals surface area contributed by atoms with Gasteiger partial charge < -0.3 is 4.74 Å². The number of nitrogens with zero attached hydrogens (tertiary/aromatic N) is 5. The fraction of sp³-hybridized carbons (Fsp3) is 0.522. The third-order valence-corrected chi connectivity index (χ3v) is 6.06. The maximum Gasteiger partial charge on any atom is 0.332 e. The first-order valence-corrected chi connectivity index (χ1v) is 11.1. The van der Waals surface area contributed by atoms with Crippen LogP contribution in [0.25, 0.3) is 11.2 Å². The van der Waals surface area contributed by atoms with Crippen LogP contribution in [0.3, 0.4) is 0 Å². The van der Waals surface area contributed by atoms with Crippen molar-refractivity contribution in [1.82, 2.24) is 23.6 Å². The molecule has 8 nitrogen and oxygen atoms in total. The molecule has 3 aromatic rings. The Balaban J connectivity index is 1.49. The number of benzene rings is 1. The third kappa shape index (κ3) is 4.17. The minimum Gasteiger partial charge on any atom is -0.465 e. The highest BCUT2D eigenvalue weighted by molar-refractivity contribution is 5.71. The SMILES string of the molecule is CCCOc1nc2c(c(=O)n(C)c(=O)n2C)n1CCCCN1CCc2ccccc2C1. The van der Waals surface area contributed by atoms with Crippen LogP contribution in [0.5, 0.6) is 6.01 Å². The second kappa shape index (κ2) is 9.09. The van der Waals surface area contributed by atoms with Crippen molar-refractivity contribution in [3.05, 3.63) is 56.2 Å². The lowest BCUT2D eigenvalue weighted by atomic mass is 10.00. The van der Waals surface area contributed by atoms with Crippen molar-refractivity contribution in [3.63, 3.8) is 0 Å². The summed E-state index contributed by atoms with van der Waals surface area (Å²) in [6.45, 7) is 6.27. The largest absolute Gasteiger partial charge is 0.465 e. The van der Waals surface area contributed by atoms with Crippen LogP contribution in [0.2, 0.25) is 0 Å². The lowest BCUT2D eigenvalue weighted by molar-refractivity contribution is 0.244. The molecule has 0 unspecified atom stereocenters. The smallest absolute Gasteiger partial charge is 0.332 e. The zero-order chi connectivity index (χ0) is 22.0. The standard InChI is InChI=1S/C23H31N5O3/c1-4-15-31-22-24-20-19(21(29)26(3)23(30)25(20)2)28(22)13-8-7-12-27-14-11-17-9-5-6-10-18(17)16-27/h5-6,9-10H,4,7-8,11-16H2,1-3H3. The van der Waals surface area contributed by atoms with E-state index in [4.69, 9.17) is 4.74 Å². The van der Waals surface area contributed by atoms with Gasteiger partial charge in [-0.2, -0.15) is 4.98 Å². The second-order valence-electron chi connectivity index (χ2n) is 8.27. The van der Waals surface area contributed by atoms with E-state index >= 15 is 0 Å². The second-order valence-corrected chi connectivity index (χ2v) is 8.27. The molecule has 1 aromatic carbocycles. The lowest BCUT2D eigenvalue weighted by Gasteiger charge is -2.28. The van der Waals surface area contributed by atoms with Crippen LogP contribution in [-0.2, 0) is 33.6 Å². The summed E-state index contributed by atoms with van der Waals surface area (Å²) in [6.07, 6.45) is 3.86. The van der Waals surface area contributed by atoms with Gasteiger partial charge in [-0.25, -0.2) is 4.79 Å². The molecule has 0 N–H and O–H groups in total. The highest BCUT2D eigenvalue weighted by Gasteiger charge is 2.20. The number of ether oxygens (including phenoxy) is 1. The van der Waals surface area contributed by atoms with Crippen molar-refractivity contribution in [2.45, 2.75) is 45.7 Å². The van der Waals surface area contributed by atoms with Crippen LogP contribution in [0, 0.1) is 0 Å². The number of unbranched alkanes of at least 4 members (excludes halogenated alkanes) is 1. The van der Waals surface area contributed by atoms with Gasteiger partial charge in [-0.3, -0.25) is 23.4 Å². The molecule has 0 bridgehead atoms. The quantitative estimate of drug-likeness (QED) is 0.517. The molecule has 4 rings (SSSR count). The molecule has 0 radical (unpaired) electrons. The van der Waals surface area contributed by atoms with Crippen LogP contribution >= 0.6 is 0 Å². The normalized spacial score (nSPS) is 14.2. The zero-order valence-electron chi connectivity index (χ0n) is 18.6. The summed E-state index contributed by atoms with van der Waals surface area (Å²) < 4.78 is 10.2. The first kappa shape index (κ1) is 21.4. The summed E-state index contributed by atoms with van der Waals surface area (Å²) in [5, 5.41) is 0. The van der Waals surface area contributed by atoms with Gasteiger partial charge in [-0.05, 0) is 43.4 Å². The minimum absolute atomic E-state index is 0.329. The van der Waals surface area contributed by atoms with Gasteiger partial charge in [0.05, 0.1) is 6.61 Å². The lowest BCUT2D eigenvalue weighted by Crippen LogP contribution is -2.37. The Hall–Kier alpha value is -2.87. The maximum absolute atomic E-state index is 12.8. The monoisotopic (exact) mass is 425 g/mol. The van der Waals surface area contributed by atoms with Crippen LogP contribution < -0.4 is 16.0 Å². The van der Waals surface area contributed by atoms with E-state index in [2.05, 4.69) is 34.1 Å². The first-order chi connectivity index (χ1) is 15.0. The Kier molecular flexibility index (Phi) is 6.27. The predicted molar refractivity (Wildman–Crippen MR) is 121 cm³/mol. The van der Waals surface area contributed by atoms with Crippen molar-refractivity contribution in [2.75, 3.05) is 19.7 Å². The topological polar surface area (TPSA) is 74.3 Å². The van der Waals surface area contributed by atoms with E-state index in [-0.39, 0.29) is 11.2 Å². The fourth-order valence-corrected chi connectivity index (χ4v) is 4.29. The average molecular weight is 426 g/mol. The van der Waals surface area contributed by atoms with Crippen molar-refractivity contribution >= 4 is 11.2 Å². The molecule has 166 valence electrons. The Morgan fingerprint density at radius 3 is 2.55 bits per heavy atom. The third-order valence-electron chi connectivity index (χ3n) is 6.06. The summed E-state index contributed by atoms with van der Waals surface area (Å²) in [5.41, 5.74) is 2.99.